The van der Waals surface area contributed by atoms with Crippen LogP contribution in [0.5, 0.6) is 5.75 Å². The minimum atomic E-state index is 0.0407. The fourth-order valence-electron chi connectivity index (χ4n) is 2.25. The lowest BCUT2D eigenvalue weighted by Gasteiger charge is -2.22. The lowest BCUT2D eigenvalue weighted by atomic mass is 9.89. The Morgan fingerprint density at radius 2 is 2.00 bits per heavy atom. The third-order valence-electron chi connectivity index (χ3n) is 3.20. The summed E-state index contributed by atoms with van der Waals surface area (Å²) in [5, 5.41) is 0. The lowest BCUT2D eigenvalue weighted by Crippen LogP contribution is -2.17. The summed E-state index contributed by atoms with van der Waals surface area (Å²) < 4.78 is 5.94. The second-order valence-corrected chi connectivity index (χ2v) is 6.42. The van der Waals surface area contributed by atoms with E-state index in [1.807, 2.05) is 0 Å². The molecule has 2 heterocycles. The molecule has 0 radical (unpaired) electrons. The van der Waals surface area contributed by atoms with Gasteiger partial charge in [-0.3, -0.25) is 4.98 Å². The van der Waals surface area contributed by atoms with E-state index < -0.39 is 0 Å². The van der Waals surface area contributed by atoms with Gasteiger partial charge in [-0.1, -0.05) is 34.6 Å². The third-order valence-corrected chi connectivity index (χ3v) is 3.20. The zero-order valence-electron chi connectivity index (χ0n) is 11.8. The maximum atomic E-state index is 5.94. The Bertz CT molecular complexity index is 429. The first-order valence-corrected chi connectivity index (χ1v) is 6.50. The van der Waals surface area contributed by atoms with E-state index in [-0.39, 0.29) is 11.5 Å². The van der Waals surface area contributed by atoms with Gasteiger partial charge in [-0.25, -0.2) is 0 Å². The van der Waals surface area contributed by atoms with Crippen LogP contribution < -0.4 is 4.74 Å². The average Bonchev–Trinajstić information content (AvgIpc) is 2.54. The molecule has 2 nitrogen and oxygen atoms in total. The van der Waals surface area contributed by atoms with E-state index in [0.29, 0.717) is 5.92 Å². The first-order chi connectivity index (χ1) is 7.79. The fourth-order valence-corrected chi connectivity index (χ4v) is 2.25. The average molecular weight is 233 g/mol. The number of hydrogen-bond donors (Lipinski definition) is 0. The first-order valence-electron chi connectivity index (χ1n) is 6.50. The second-order valence-electron chi connectivity index (χ2n) is 6.42. The van der Waals surface area contributed by atoms with E-state index in [4.69, 9.17) is 9.72 Å². The molecule has 0 amide bonds. The van der Waals surface area contributed by atoms with Gasteiger partial charge >= 0.3 is 0 Å². The monoisotopic (exact) mass is 233 g/mol. The number of hydrogen-bond acceptors (Lipinski definition) is 2. The van der Waals surface area contributed by atoms with Crippen molar-refractivity contribution in [2.24, 2.45) is 0 Å². The summed E-state index contributed by atoms with van der Waals surface area (Å²) in [5.41, 5.74) is 3.68. The number of pyridine rings is 1. The largest absolute Gasteiger partial charge is 0.488 e. The molecule has 0 saturated heterocycles. The molecule has 2 heteroatoms. The van der Waals surface area contributed by atoms with Gasteiger partial charge in [0.15, 0.2) is 0 Å². The number of ether oxygens (including phenoxy) is 1. The summed E-state index contributed by atoms with van der Waals surface area (Å²) >= 11 is 0. The Hall–Kier alpha value is -1.05. The molecule has 1 atom stereocenters. The molecule has 1 aliphatic rings. The van der Waals surface area contributed by atoms with Crippen molar-refractivity contribution in [2.45, 2.75) is 65.4 Å². The molecule has 0 saturated carbocycles. The van der Waals surface area contributed by atoms with Crippen molar-refractivity contribution in [3.63, 3.8) is 0 Å². The van der Waals surface area contributed by atoms with E-state index in [2.05, 4.69) is 47.6 Å². The molecule has 1 aliphatic heterocycles. The van der Waals surface area contributed by atoms with Crippen LogP contribution in [0.1, 0.15) is 64.4 Å². The fraction of sp³-hybridized carbons (Fsp3) is 0.667. The molecule has 2 rings (SSSR count). The molecular weight excluding hydrogens is 210 g/mol. The molecule has 1 aromatic heterocycles. The van der Waals surface area contributed by atoms with Gasteiger partial charge in [-0.2, -0.15) is 0 Å². The first kappa shape index (κ1) is 12.4. The molecule has 0 N–H and O–H groups in total. The van der Waals surface area contributed by atoms with Gasteiger partial charge in [0.2, 0.25) is 0 Å². The summed E-state index contributed by atoms with van der Waals surface area (Å²) in [5.74, 6) is 1.51. The van der Waals surface area contributed by atoms with Crippen molar-refractivity contribution in [1.82, 2.24) is 4.98 Å². The maximum Gasteiger partial charge on any atom is 0.145 e. The van der Waals surface area contributed by atoms with Gasteiger partial charge in [0.1, 0.15) is 11.9 Å². The van der Waals surface area contributed by atoms with Crippen LogP contribution in [0.25, 0.3) is 0 Å². The molecule has 0 aromatic carbocycles. The van der Waals surface area contributed by atoms with Crippen LogP contribution in [0.15, 0.2) is 6.07 Å². The molecule has 17 heavy (non-hydrogen) atoms. The molecule has 0 fully saturated rings. The predicted octanol–water partition coefficient (Wildman–Crippen LogP) is 3.83. The summed E-state index contributed by atoms with van der Waals surface area (Å²) in [6.07, 6.45) is 1.30. The van der Waals surface area contributed by atoms with Crippen LogP contribution >= 0.6 is 0 Å². The normalized spacial score (nSPS) is 19.4. The Balaban J connectivity index is 2.58. The third kappa shape index (κ3) is 2.31. The summed E-state index contributed by atoms with van der Waals surface area (Å²) in [6.45, 7) is 13.1. The van der Waals surface area contributed by atoms with Crippen molar-refractivity contribution < 1.29 is 4.74 Å². The van der Waals surface area contributed by atoms with Crippen molar-refractivity contribution in [3.8, 4) is 5.75 Å². The summed E-state index contributed by atoms with van der Waals surface area (Å²) in [4.78, 5) is 4.82. The maximum absolute atomic E-state index is 5.94. The van der Waals surface area contributed by atoms with Crippen LogP contribution in [0.3, 0.4) is 0 Å². The molecular formula is C15H23NO. The van der Waals surface area contributed by atoms with E-state index in [9.17, 15) is 0 Å². The van der Waals surface area contributed by atoms with Crippen molar-refractivity contribution in [3.05, 3.63) is 23.0 Å². The topological polar surface area (TPSA) is 22.1 Å². The number of nitrogens with zero attached hydrogens (tertiary/aromatic N) is 1. The smallest absolute Gasteiger partial charge is 0.145 e. The van der Waals surface area contributed by atoms with E-state index in [0.717, 1.165) is 17.9 Å². The molecule has 1 aromatic rings. The van der Waals surface area contributed by atoms with Crippen LogP contribution in [0, 0.1) is 0 Å². The number of aromatic nitrogens is 1. The van der Waals surface area contributed by atoms with Gasteiger partial charge in [-0.05, 0) is 18.9 Å². The Morgan fingerprint density at radius 1 is 1.35 bits per heavy atom. The highest BCUT2D eigenvalue weighted by atomic mass is 16.5. The highest BCUT2D eigenvalue weighted by molar-refractivity contribution is 5.45. The minimum Gasteiger partial charge on any atom is -0.488 e. The van der Waals surface area contributed by atoms with E-state index in [1.165, 1.54) is 11.3 Å². The zero-order valence-corrected chi connectivity index (χ0v) is 11.8. The van der Waals surface area contributed by atoms with E-state index >= 15 is 0 Å². The van der Waals surface area contributed by atoms with Gasteiger partial charge in [0, 0.05) is 23.1 Å². The van der Waals surface area contributed by atoms with Crippen LogP contribution in [0.4, 0.5) is 0 Å². The zero-order chi connectivity index (χ0) is 12.8. The molecule has 94 valence electrons. The molecule has 0 unspecified atom stereocenters. The highest BCUT2D eigenvalue weighted by Gasteiger charge is 2.30. The Kier molecular flexibility index (Phi) is 2.92. The standard InChI is InChI=1S/C15H23NO/c1-9(2)12-8-11-7-10(3)17-13(11)14(16-12)15(4,5)6/h8-10H,7H2,1-6H3/t10-/m1/s1. The minimum absolute atomic E-state index is 0.0407. The Morgan fingerprint density at radius 3 is 2.53 bits per heavy atom. The second kappa shape index (κ2) is 4.01. The van der Waals surface area contributed by atoms with Gasteiger partial charge in [0.25, 0.3) is 0 Å². The molecule has 0 aliphatic carbocycles. The highest BCUT2D eigenvalue weighted by Crippen LogP contribution is 2.39. The SMILES string of the molecule is CC(C)c1cc2c(c(C(C)(C)C)n1)O[C@H](C)C2. The van der Waals surface area contributed by atoms with Crippen molar-refractivity contribution >= 4 is 0 Å². The molecule has 0 bridgehead atoms. The van der Waals surface area contributed by atoms with Crippen LogP contribution in [0.2, 0.25) is 0 Å². The van der Waals surface area contributed by atoms with Crippen molar-refractivity contribution in [1.29, 1.82) is 0 Å². The summed E-state index contributed by atoms with van der Waals surface area (Å²) in [7, 11) is 0. The summed E-state index contributed by atoms with van der Waals surface area (Å²) in [6, 6.07) is 2.22. The van der Waals surface area contributed by atoms with E-state index in [1.54, 1.807) is 0 Å². The predicted molar refractivity (Wildman–Crippen MR) is 70.8 cm³/mol. The lowest BCUT2D eigenvalue weighted by molar-refractivity contribution is 0.248. The quantitative estimate of drug-likeness (QED) is 0.735. The number of fused-ring (bicyclic) bond motifs is 1. The Labute approximate surface area is 104 Å². The van der Waals surface area contributed by atoms with Gasteiger partial charge in [0.05, 0.1) is 5.69 Å². The van der Waals surface area contributed by atoms with Crippen LogP contribution in [-0.4, -0.2) is 11.1 Å². The van der Waals surface area contributed by atoms with Crippen LogP contribution in [-0.2, 0) is 11.8 Å². The number of rotatable bonds is 1. The van der Waals surface area contributed by atoms with Gasteiger partial charge in [-0.15, -0.1) is 0 Å². The van der Waals surface area contributed by atoms with Gasteiger partial charge < -0.3 is 4.74 Å². The van der Waals surface area contributed by atoms with Crippen molar-refractivity contribution in [2.75, 3.05) is 0 Å². The molecule has 0 spiro atoms.